The zero-order chi connectivity index (χ0) is 67.3. The van der Waals surface area contributed by atoms with E-state index in [9.17, 15) is 43.2 Å². The highest BCUT2D eigenvalue weighted by atomic mass is 31.2. The van der Waals surface area contributed by atoms with Gasteiger partial charge in [0.2, 0.25) is 0 Å². The molecule has 0 spiro atoms. The Morgan fingerprint density at radius 1 is 0.319 bits per heavy atom. The summed E-state index contributed by atoms with van der Waals surface area (Å²) in [4.78, 5) is 72.4. The molecule has 0 aromatic rings. The summed E-state index contributed by atoms with van der Waals surface area (Å²) >= 11 is 0. The summed E-state index contributed by atoms with van der Waals surface area (Å²) in [5, 5.41) is 10.6. The monoisotopic (exact) mass is 1340 g/mol. The van der Waals surface area contributed by atoms with Crippen LogP contribution in [0.2, 0.25) is 0 Å². The summed E-state index contributed by atoms with van der Waals surface area (Å²) in [7, 11) is -9.90. The van der Waals surface area contributed by atoms with E-state index in [0.717, 1.165) is 115 Å². The summed E-state index contributed by atoms with van der Waals surface area (Å²) < 4.78 is 68.2. The Balaban J connectivity index is 5.13. The molecule has 91 heavy (non-hydrogen) atoms. The molecule has 0 saturated carbocycles. The molecule has 0 heterocycles. The fraction of sp³-hybridized carbons (Fsp3) is 0.944. The minimum atomic E-state index is -4.95. The number of aliphatic hydroxyl groups is 1. The number of carbonyl (C=O) groups excluding carboxylic acids is 4. The van der Waals surface area contributed by atoms with Crippen molar-refractivity contribution in [1.29, 1.82) is 0 Å². The normalized spacial score (nSPS) is 14.5. The fourth-order valence-corrected chi connectivity index (χ4v) is 12.4. The molecule has 0 aliphatic heterocycles. The van der Waals surface area contributed by atoms with Crippen molar-refractivity contribution in [2.24, 2.45) is 17.8 Å². The molecule has 3 unspecified atom stereocenters. The van der Waals surface area contributed by atoms with Crippen LogP contribution >= 0.6 is 15.6 Å². The highest BCUT2D eigenvalue weighted by Gasteiger charge is 2.30. The van der Waals surface area contributed by atoms with Crippen LogP contribution in [0.5, 0.6) is 0 Å². The Morgan fingerprint density at radius 2 is 0.560 bits per heavy atom. The molecule has 19 heteroatoms. The number of rotatable bonds is 70. The molecule has 0 bridgehead atoms. The largest absolute Gasteiger partial charge is 0.472 e. The van der Waals surface area contributed by atoms with Crippen LogP contribution in [0.25, 0.3) is 0 Å². The van der Waals surface area contributed by atoms with Crippen molar-refractivity contribution >= 4 is 39.5 Å². The van der Waals surface area contributed by atoms with E-state index in [-0.39, 0.29) is 25.7 Å². The van der Waals surface area contributed by atoms with Gasteiger partial charge in [-0.05, 0) is 43.4 Å². The van der Waals surface area contributed by atoms with Crippen molar-refractivity contribution in [2.45, 2.75) is 381 Å². The van der Waals surface area contributed by atoms with Gasteiger partial charge in [-0.15, -0.1) is 0 Å². The Bertz CT molecular complexity index is 1790. The summed E-state index contributed by atoms with van der Waals surface area (Å²) in [6, 6.07) is 0. The van der Waals surface area contributed by atoms with E-state index in [0.29, 0.717) is 31.6 Å². The summed E-state index contributed by atoms with van der Waals surface area (Å²) in [5.41, 5.74) is 0. The molecule has 0 aromatic carbocycles. The van der Waals surface area contributed by atoms with Crippen molar-refractivity contribution in [3.63, 3.8) is 0 Å². The van der Waals surface area contributed by atoms with Gasteiger partial charge >= 0.3 is 39.5 Å². The van der Waals surface area contributed by atoms with Gasteiger partial charge in [0, 0.05) is 25.7 Å². The lowest BCUT2D eigenvalue weighted by atomic mass is 9.99. The number of esters is 4. The minimum absolute atomic E-state index is 0.103. The van der Waals surface area contributed by atoms with Crippen LogP contribution in [-0.2, 0) is 65.4 Å². The number of unbranched alkanes of at least 4 members (excludes halogenated alkanes) is 37. The highest BCUT2D eigenvalue weighted by molar-refractivity contribution is 7.47. The van der Waals surface area contributed by atoms with E-state index >= 15 is 0 Å². The number of hydrogen-bond donors (Lipinski definition) is 3. The molecule has 0 fully saturated rings. The first-order valence-electron chi connectivity index (χ1n) is 37.4. The topological polar surface area (TPSA) is 237 Å². The number of hydrogen-bond acceptors (Lipinski definition) is 15. The third kappa shape index (κ3) is 65.1. The summed E-state index contributed by atoms with van der Waals surface area (Å²) in [5.74, 6) is 0.179. The fourth-order valence-electron chi connectivity index (χ4n) is 10.9. The average molecular weight is 1340 g/mol. The lowest BCUT2D eigenvalue weighted by molar-refractivity contribution is -0.161. The molecular formula is C72H140O17P2. The maximum Gasteiger partial charge on any atom is 0.472 e. The molecule has 0 radical (unpaired) electrons. The molecule has 3 N–H and O–H groups in total. The molecule has 0 aliphatic rings. The SMILES string of the molecule is CCCCCCCCCC(=O)OC[C@H](COP(=O)(O)OC[C@H](O)COP(=O)(O)OC[C@@H](COC(=O)CCCCCCCCCCCC(C)C)OC(=O)CCCCCCCCCCCCCCCCCCCCC(C)CC)OC(=O)CCCCCCCCCC(C)C. The number of ether oxygens (including phenoxy) is 4. The molecule has 6 atom stereocenters. The van der Waals surface area contributed by atoms with Crippen molar-refractivity contribution < 1.29 is 80.2 Å². The lowest BCUT2D eigenvalue weighted by Crippen LogP contribution is -2.30. The van der Waals surface area contributed by atoms with Gasteiger partial charge in [0.25, 0.3) is 0 Å². The van der Waals surface area contributed by atoms with E-state index in [2.05, 4.69) is 48.5 Å². The van der Waals surface area contributed by atoms with Gasteiger partial charge in [0.15, 0.2) is 12.2 Å². The van der Waals surface area contributed by atoms with Crippen molar-refractivity contribution in [1.82, 2.24) is 0 Å². The Labute approximate surface area is 556 Å². The summed E-state index contributed by atoms with van der Waals surface area (Å²) in [6.45, 7) is 11.8. The van der Waals surface area contributed by atoms with Crippen molar-refractivity contribution in [2.75, 3.05) is 39.6 Å². The molecule has 540 valence electrons. The molecule has 0 rings (SSSR count). The van der Waals surface area contributed by atoms with Gasteiger partial charge in [0.05, 0.1) is 26.4 Å². The molecule has 0 amide bonds. The van der Waals surface area contributed by atoms with E-state index < -0.39 is 97.5 Å². The Hall–Kier alpha value is -1.94. The Kier molecular flexibility index (Phi) is 61.5. The first-order valence-corrected chi connectivity index (χ1v) is 40.4. The lowest BCUT2D eigenvalue weighted by Gasteiger charge is -2.21. The number of phosphoric acid groups is 2. The van der Waals surface area contributed by atoms with Gasteiger partial charge in [-0.1, -0.05) is 312 Å². The van der Waals surface area contributed by atoms with Crippen molar-refractivity contribution in [3.8, 4) is 0 Å². The second-order valence-corrected chi connectivity index (χ2v) is 30.1. The third-order valence-corrected chi connectivity index (χ3v) is 18.9. The smallest absolute Gasteiger partial charge is 0.462 e. The zero-order valence-electron chi connectivity index (χ0n) is 59.3. The van der Waals surface area contributed by atoms with Crippen LogP contribution in [0.1, 0.15) is 363 Å². The molecule has 0 aliphatic carbocycles. The van der Waals surface area contributed by atoms with Gasteiger partial charge in [0.1, 0.15) is 19.3 Å². The quantitative estimate of drug-likeness (QED) is 0.0222. The van der Waals surface area contributed by atoms with Crippen LogP contribution in [0, 0.1) is 17.8 Å². The van der Waals surface area contributed by atoms with Crippen LogP contribution in [0.3, 0.4) is 0 Å². The molecule has 0 aromatic heterocycles. The number of aliphatic hydroxyl groups excluding tert-OH is 1. The first kappa shape index (κ1) is 89.1. The zero-order valence-corrected chi connectivity index (χ0v) is 61.1. The van der Waals surface area contributed by atoms with E-state index in [1.807, 2.05) is 0 Å². The maximum atomic E-state index is 13.0. The Morgan fingerprint density at radius 3 is 0.835 bits per heavy atom. The standard InChI is InChI=1S/C72H140O17P2/c1-8-10-11-12-29-39-46-53-69(74)82-59-67(89-72(77)56-49-42-35-28-31-37-44-51-64(5)6)61-86-90(78,79)84-57-66(73)58-85-91(80,81)87-62-68(60-83-70(75)54-47-40-33-27-23-24-30-36-43-50-63(3)4)88-71(76)55-48-41-34-26-22-20-18-16-14-13-15-17-19-21-25-32-38-45-52-65(7)9-2/h63-68,73H,8-62H2,1-7H3,(H,78,79)(H,80,81)/t65?,66-,67+,68+/m0/s1. The predicted molar refractivity (Wildman–Crippen MR) is 368 cm³/mol. The molecule has 17 nitrogen and oxygen atoms in total. The van der Waals surface area contributed by atoms with Gasteiger partial charge in [-0.2, -0.15) is 0 Å². The van der Waals surface area contributed by atoms with E-state index in [1.54, 1.807) is 0 Å². The predicted octanol–water partition coefficient (Wildman–Crippen LogP) is 20.6. The van der Waals surface area contributed by atoms with Crippen molar-refractivity contribution in [3.05, 3.63) is 0 Å². The van der Waals surface area contributed by atoms with Gasteiger partial charge < -0.3 is 33.8 Å². The highest BCUT2D eigenvalue weighted by Crippen LogP contribution is 2.45. The maximum absolute atomic E-state index is 13.0. The molecular weight excluding hydrogens is 1200 g/mol. The minimum Gasteiger partial charge on any atom is -0.462 e. The number of phosphoric ester groups is 2. The summed E-state index contributed by atoms with van der Waals surface area (Å²) in [6.07, 6.45) is 47.6. The third-order valence-electron chi connectivity index (χ3n) is 17.0. The first-order chi connectivity index (χ1) is 43.8. The van der Waals surface area contributed by atoms with E-state index in [4.69, 9.17) is 37.0 Å². The molecule has 0 saturated heterocycles. The van der Waals surface area contributed by atoms with Gasteiger partial charge in [-0.3, -0.25) is 37.3 Å². The van der Waals surface area contributed by atoms with E-state index in [1.165, 1.54) is 161 Å². The average Bonchev–Trinajstić information content (AvgIpc) is 2.30. The van der Waals surface area contributed by atoms with Gasteiger partial charge in [-0.25, -0.2) is 9.13 Å². The van der Waals surface area contributed by atoms with Crippen LogP contribution in [-0.4, -0.2) is 96.7 Å². The van der Waals surface area contributed by atoms with Crippen LogP contribution < -0.4 is 0 Å². The second kappa shape index (κ2) is 62.8. The van der Waals surface area contributed by atoms with Crippen LogP contribution in [0.15, 0.2) is 0 Å². The number of carbonyl (C=O) groups is 4. The van der Waals surface area contributed by atoms with Crippen LogP contribution in [0.4, 0.5) is 0 Å². The second-order valence-electron chi connectivity index (χ2n) is 27.2.